The lowest BCUT2D eigenvalue weighted by atomic mass is 10.3. The van der Waals surface area contributed by atoms with E-state index < -0.39 is 19.8 Å². The zero-order valence-electron chi connectivity index (χ0n) is 16.4. The Labute approximate surface area is 177 Å². The van der Waals surface area contributed by atoms with Gasteiger partial charge in [-0.2, -0.15) is 10.1 Å². The van der Waals surface area contributed by atoms with Crippen molar-refractivity contribution in [3.05, 3.63) is 36.7 Å². The number of hydrogen-bond donors (Lipinski definition) is 3. The molecule has 1 aromatic carbocycles. The van der Waals surface area contributed by atoms with Gasteiger partial charge in [0, 0.05) is 0 Å². The van der Waals surface area contributed by atoms with E-state index in [4.69, 9.17) is 19.6 Å². The zero-order chi connectivity index (χ0) is 21.9. The maximum Gasteiger partial charge on any atom is 0.532 e. The number of benzene rings is 1. The summed E-state index contributed by atoms with van der Waals surface area (Å²) in [7, 11) is -4.17. The number of imidazole rings is 1. The number of esters is 1. The van der Waals surface area contributed by atoms with E-state index in [-0.39, 0.29) is 34.0 Å². The maximum atomic E-state index is 13.6. The lowest BCUT2D eigenvalue weighted by Crippen LogP contribution is -2.38. The summed E-state index contributed by atoms with van der Waals surface area (Å²) in [5, 5.41) is 2.80. The largest absolute Gasteiger partial charge is 0.532 e. The molecule has 30 heavy (non-hydrogen) atoms. The van der Waals surface area contributed by atoms with E-state index in [1.165, 1.54) is 13.3 Å². The molecule has 2 atom stereocenters. The van der Waals surface area contributed by atoms with Crippen molar-refractivity contribution in [2.75, 3.05) is 5.73 Å². The van der Waals surface area contributed by atoms with Gasteiger partial charge < -0.3 is 19.6 Å². The normalized spacial score (nSPS) is 14.3. The van der Waals surface area contributed by atoms with Gasteiger partial charge in [0.25, 0.3) is 0 Å². The molecule has 0 aliphatic rings. The molecule has 2 aromatic heterocycles. The predicted octanol–water partition coefficient (Wildman–Crippen LogP) is 2.24. The molecule has 0 fully saturated rings. The molecule has 3 rings (SSSR count). The van der Waals surface area contributed by atoms with Gasteiger partial charge in [-0.3, -0.25) is 4.79 Å². The minimum Gasteiger partial charge on any atom is -0.462 e. The zero-order valence-corrected chi connectivity index (χ0v) is 18.2. The van der Waals surface area contributed by atoms with Crippen LogP contribution in [0.4, 0.5) is 5.95 Å². The van der Waals surface area contributed by atoms with E-state index in [1.807, 2.05) is 0 Å². The van der Waals surface area contributed by atoms with Gasteiger partial charge >= 0.3 is 13.7 Å². The number of nitrogens with two attached hydrogens (primary N) is 1. The molecular weight excluding hydrogens is 431 g/mol. The van der Waals surface area contributed by atoms with Crippen LogP contribution in [0.15, 0.2) is 41.7 Å². The Morgan fingerprint density at radius 3 is 2.60 bits per heavy atom. The Morgan fingerprint density at radius 1 is 1.23 bits per heavy atom. The summed E-state index contributed by atoms with van der Waals surface area (Å²) in [6.07, 6.45) is 0.876. The van der Waals surface area contributed by atoms with E-state index >= 15 is 0 Å². The first-order valence-electron chi connectivity index (χ1n) is 8.89. The number of nitrogen functional groups attached to an aromatic ring is 1. The fourth-order valence-electron chi connectivity index (χ4n) is 2.37. The fourth-order valence-corrected chi connectivity index (χ4v) is 4.09. The molecule has 13 heteroatoms. The van der Waals surface area contributed by atoms with E-state index in [1.54, 1.807) is 44.2 Å². The summed E-state index contributed by atoms with van der Waals surface area (Å²) < 4.78 is 30.9. The van der Waals surface area contributed by atoms with Crippen molar-refractivity contribution in [2.24, 2.45) is 0 Å². The Hall–Kier alpha value is -2.82. The fraction of sp³-hybridized carbons (Fsp3) is 0.294. The number of nitrogens with one attached hydrogen (secondary N) is 1. The number of nitrogens with zero attached hydrogens (tertiary/aromatic N) is 4. The van der Waals surface area contributed by atoms with Crippen LogP contribution in [-0.2, 0) is 14.1 Å². The Morgan fingerprint density at radius 2 is 1.93 bits per heavy atom. The minimum absolute atomic E-state index is 0.0708. The van der Waals surface area contributed by atoms with Crippen LogP contribution < -0.4 is 20.0 Å². The number of carbonyl (C=O) groups is 1. The lowest BCUT2D eigenvalue weighted by Gasteiger charge is -2.23. The van der Waals surface area contributed by atoms with Gasteiger partial charge in [0.05, 0.1) is 6.10 Å². The van der Waals surface area contributed by atoms with E-state index in [2.05, 4.69) is 32.7 Å². The Balaban J connectivity index is 1.93. The van der Waals surface area contributed by atoms with Crippen molar-refractivity contribution in [3.63, 3.8) is 0 Å². The third-order valence-electron chi connectivity index (χ3n) is 3.59. The molecule has 2 heterocycles. The molecule has 11 nitrogen and oxygen atoms in total. The van der Waals surface area contributed by atoms with Crippen molar-refractivity contribution >= 4 is 43.5 Å². The molecule has 0 radical (unpaired) electrons. The third kappa shape index (κ3) is 5.21. The second-order valence-corrected chi connectivity index (χ2v) is 8.49. The van der Waals surface area contributed by atoms with Crippen LogP contribution in [0.1, 0.15) is 20.8 Å². The SMILES string of the molecule is CC(C)OC(=O)[C@H](C)NP(=O)(Oc1ccccc1)On1cnc2c(S)nc(N)nc21. The van der Waals surface area contributed by atoms with E-state index in [0.717, 1.165) is 4.73 Å². The number of hydrogen-bond acceptors (Lipinski definition) is 10. The van der Waals surface area contributed by atoms with Crippen LogP contribution >= 0.6 is 20.4 Å². The first-order valence-corrected chi connectivity index (χ1v) is 10.9. The number of anilines is 1. The van der Waals surface area contributed by atoms with Crippen LogP contribution in [0, 0.1) is 0 Å². The Kier molecular flexibility index (Phi) is 6.49. The van der Waals surface area contributed by atoms with Gasteiger partial charge in [-0.25, -0.2) is 14.5 Å². The molecule has 0 spiro atoms. The monoisotopic (exact) mass is 452 g/mol. The molecule has 0 saturated heterocycles. The molecule has 160 valence electrons. The lowest BCUT2D eigenvalue weighted by molar-refractivity contribution is -0.149. The summed E-state index contributed by atoms with van der Waals surface area (Å²) in [5.41, 5.74) is 6.07. The van der Waals surface area contributed by atoms with Crippen LogP contribution in [0.2, 0.25) is 0 Å². The van der Waals surface area contributed by atoms with Crippen LogP contribution in [0.3, 0.4) is 0 Å². The number of rotatable bonds is 8. The highest BCUT2D eigenvalue weighted by Gasteiger charge is 2.35. The second-order valence-electron chi connectivity index (χ2n) is 6.47. The van der Waals surface area contributed by atoms with Crippen molar-refractivity contribution < 1.29 is 23.2 Å². The number of carbonyl (C=O) groups excluding carboxylic acids is 1. The van der Waals surface area contributed by atoms with E-state index in [9.17, 15) is 9.36 Å². The minimum atomic E-state index is -4.17. The van der Waals surface area contributed by atoms with Crippen LogP contribution in [-0.4, -0.2) is 37.8 Å². The molecule has 3 N–H and O–H groups in total. The standard InChI is InChI=1S/C17H21N6O5PS/c1-10(2)26-16(24)11(3)22-29(25,27-12-7-5-4-6-8-12)28-23-9-19-13-14(23)20-17(18)21-15(13)30/h4-11H,1-3H3,(H,22,25)(H3,18,20,21,30)/t11-,29?/m0/s1. The number of ether oxygens (including phenoxy) is 1. The van der Waals surface area contributed by atoms with Gasteiger partial charge in [0.2, 0.25) is 11.6 Å². The van der Waals surface area contributed by atoms with Crippen molar-refractivity contribution in [1.29, 1.82) is 0 Å². The summed E-state index contributed by atoms with van der Waals surface area (Å²) in [5.74, 6) is -0.435. The number of aromatic nitrogens is 4. The molecule has 1 unspecified atom stereocenters. The summed E-state index contributed by atoms with van der Waals surface area (Å²) in [6.45, 7) is 4.89. The number of para-hydroxylation sites is 1. The highest BCUT2D eigenvalue weighted by Crippen LogP contribution is 2.42. The predicted molar refractivity (Wildman–Crippen MR) is 112 cm³/mol. The van der Waals surface area contributed by atoms with Crippen molar-refractivity contribution in [3.8, 4) is 5.75 Å². The average Bonchev–Trinajstić information content (AvgIpc) is 3.04. The van der Waals surface area contributed by atoms with Crippen molar-refractivity contribution in [1.82, 2.24) is 24.8 Å². The van der Waals surface area contributed by atoms with Gasteiger partial charge in [-0.05, 0) is 32.9 Å². The van der Waals surface area contributed by atoms with Crippen LogP contribution in [0.5, 0.6) is 5.75 Å². The summed E-state index contributed by atoms with van der Waals surface area (Å²) in [4.78, 5) is 24.2. The Bertz CT molecular complexity index is 1090. The highest BCUT2D eigenvalue weighted by molar-refractivity contribution is 7.80. The molecule has 0 saturated carbocycles. The topological polar surface area (TPSA) is 143 Å². The highest BCUT2D eigenvalue weighted by atomic mass is 32.1. The average molecular weight is 452 g/mol. The molecular formula is C17H21N6O5PS. The van der Waals surface area contributed by atoms with Gasteiger partial charge in [0.1, 0.15) is 28.7 Å². The smallest absolute Gasteiger partial charge is 0.462 e. The quantitative estimate of drug-likeness (QED) is 0.201. The molecule has 0 aliphatic carbocycles. The third-order valence-corrected chi connectivity index (χ3v) is 5.44. The summed E-state index contributed by atoms with van der Waals surface area (Å²) in [6, 6.07) is 7.34. The van der Waals surface area contributed by atoms with E-state index in [0.29, 0.717) is 0 Å². The number of thiol groups is 1. The number of fused-ring (bicyclic) bond motifs is 1. The molecule has 0 bridgehead atoms. The second kappa shape index (κ2) is 8.90. The molecule has 3 aromatic rings. The molecule has 0 aliphatic heterocycles. The van der Waals surface area contributed by atoms with Crippen LogP contribution in [0.25, 0.3) is 11.2 Å². The summed E-state index contributed by atoms with van der Waals surface area (Å²) >= 11 is 4.20. The maximum absolute atomic E-state index is 13.6. The van der Waals surface area contributed by atoms with Gasteiger partial charge in [-0.1, -0.05) is 18.2 Å². The first-order chi connectivity index (χ1) is 14.2. The van der Waals surface area contributed by atoms with Gasteiger partial charge in [0.15, 0.2) is 0 Å². The molecule has 0 amide bonds. The first kappa shape index (κ1) is 21.9. The van der Waals surface area contributed by atoms with Gasteiger partial charge in [-0.15, -0.1) is 17.4 Å². The van der Waals surface area contributed by atoms with Crippen molar-refractivity contribution in [2.45, 2.75) is 37.9 Å².